The first kappa shape index (κ1) is 20.3. The van der Waals surface area contributed by atoms with Crippen molar-refractivity contribution in [1.29, 1.82) is 0 Å². The largest absolute Gasteiger partial charge is 0.459 e. The van der Waals surface area contributed by atoms with Gasteiger partial charge in [0.15, 0.2) is 0 Å². The quantitative estimate of drug-likeness (QED) is 0.601. The summed E-state index contributed by atoms with van der Waals surface area (Å²) in [6, 6.07) is 13.6. The van der Waals surface area contributed by atoms with Gasteiger partial charge in [-0.1, -0.05) is 52.3 Å². The van der Waals surface area contributed by atoms with Crippen molar-refractivity contribution < 1.29 is 18.7 Å². The lowest BCUT2D eigenvalue weighted by Crippen LogP contribution is -2.29. The number of esters is 1. The molecule has 0 spiro atoms. The predicted octanol–water partition coefficient (Wildman–Crippen LogP) is 5.22. The first-order chi connectivity index (χ1) is 12.2. The fraction of sp³-hybridized carbons (Fsp3) is 0.333. The van der Waals surface area contributed by atoms with Gasteiger partial charge in [-0.3, -0.25) is 9.59 Å². The molecule has 138 valence electrons. The summed E-state index contributed by atoms with van der Waals surface area (Å²) < 4.78 is 20.1. The Bertz CT molecular complexity index is 782. The molecule has 0 radical (unpaired) electrons. The SMILES string of the molecule is CC(C)(C)OC(=O)[C@@H](CC(=O)Cc1ccc(Br)cc1F)c1ccccc1. The second-order valence-corrected chi connectivity index (χ2v) is 8.07. The van der Waals surface area contributed by atoms with E-state index in [-0.39, 0.29) is 18.6 Å². The average molecular weight is 421 g/mol. The van der Waals surface area contributed by atoms with Crippen molar-refractivity contribution in [2.75, 3.05) is 0 Å². The number of rotatable bonds is 6. The van der Waals surface area contributed by atoms with E-state index in [0.29, 0.717) is 15.6 Å². The summed E-state index contributed by atoms with van der Waals surface area (Å²) >= 11 is 3.19. The number of benzene rings is 2. The first-order valence-corrected chi connectivity index (χ1v) is 9.18. The van der Waals surface area contributed by atoms with Gasteiger partial charge in [-0.05, 0) is 44.0 Å². The first-order valence-electron chi connectivity index (χ1n) is 8.39. The van der Waals surface area contributed by atoms with Crippen molar-refractivity contribution in [1.82, 2.24) is 0 Å². The predicted molar refractivity (Wildman–Crippen MR) is 102 cm³/mol. The standard InChI is InChI=1S/C21H22BrFO3/c1-21(2,3)26-20(25)18(14-7-5-4-6-8-14)13-17(24)11-15-9-10-16(22)12-19(15)23/h4-10,12,18H,11,13H2,1-3H3/t18-/m0/s1. The molecule has 0 fully saturated rings. The minimum absolute atomic E-state index is 0.0333. The van der Waals surface area contributed by atoms with Crippen LogP contribution in [0.1, 0.15) is 44.2 Å². The van der Waals surface area contributed by atoms with E-state index in [1.54, 1.807) is 45.0 Å². The zero-order valence-corrected chi connectivity index (χ0v) is 16.7. The van der Waals surface area contributed by atoms with Crippen molar-refractivity contribution in [3.63, 3.8) is 0 Å². The van der Waals surface area contributed by atoms with Crippen molar-refractivity contribution in [3.05, 3.63) is 69.9 Å². The van der Waals surface area contributed by atoms with Crippen molar-refractivity contribution in [3.8, 4) is 0 Å². The smallest absolute Gasteiger partial charge is 0.314 e. The number of ketones is 1. The molecule has 2 aromatic carbocycles. The highest BCUT2D eigenvalue weighted by Gasteiger charge is 2.28. The minimum Gasteiger partial charge on any atom is -0.459 e. The molecule has 26 heavy (non-hydrogen) atoms. The number of hydrogen-bond acceptors (Lipinski definition) is 3. The third kappa shape index (κ3) is 6.06. The molecule has 1 atom stereocenters. The highest BCUT2D eigenvalue weighted by Crippen LogP contribution is 2.25. The summed E-state index contributed by atoms with van der Waals surface area (Å²) in [6.07, 6.45) is -0.0975. The van der Waals surface area contributed by atoms with Crippen LogP contribution in [0, 0.1) is 5.82 Å². The Morgan fingerprint density at radius 2 is 1.77 bits per heavy atom. The van der Waals surface area contributed by atoms with Crippen molar-refractivity contribution in [2.24, 2.45) is 0 Å². The zero-order chi connectivity index (χ0) is 19.3. The Morgan fingerprint density at radius 3 is 2.35 bits per heavy atom. The van der Waals surface area contributed by atoms with Gasteiger partial charge in [0.05, 0.1) is 5.92 Å². The lowest BCUT2D eigenvalue weighted by Gasteiger charge is -2.24. The van der Waals surface area contributed by atoms with Crippen molar-refractivity contribution >= 4 is 27.7 Å². The maximum Gasteiger partial charge on any atom is 0.314 e. The van der Waals surface area contributed by atoms with Crippen LogP contribution in [0.25, 0.3) is 0 Å². The molecule has 0 saturated carbocycles. The van der Waals surface area contributed by atoms with Crippen LogP contribution in [0.15, 0.2) is 53.0 Å². The molecule has 0 heterocycles. The van der Waals surface area contributed by atoms with E-state index in [0.717, 1.165) is 0 Å². The second-order valence-electron chi connectivity index (χ2n) is 7.15. The van der Waals surface area contributed by atoms with E-state index in [1.165, 1.54) is 6.07 Å². The van der Waals surface area contributed by atoms with Gasteiger partial charge in [-0.25, -0.2) is 4.39 Å². The molecule has 0 bridgehead atoms. The van der Waals surface area contributed by atoms with Crippen LogP contribution in [0.4, 0.5) is 4.39 Å². The molecular weight excluding hydrogens is 399 g/mol. The molecule has 2 rings (SSSR count). The van der Waals surface area contributed by atoms with Crippen LogP contribution in [0.3, 0.4) is 0 Å². The van der Waals surface area contributed by atoms with Crippen LogP contribution in [-0.2, 0) is 20.7 Å². The number of hydrogen-bond donors (Lipinski definition) is 0. The maximum absolute atomic E-state index is 14.0. The van der Waals surface area contributed by atoms with Crippen LogP contribution in [0.5, 0.6) is 0 Å². The minimum atomic E-state index is -0.707. The lowest BCUT2D eigenvalue weighted by molar-refractivity contribution is -0.157. The molecule has 3 nitrogen and oxygen atoms in total. The Kier molecular flexibility index (Phi) is 6.70. The van der Waals surface area contributed by atoms with Crippen LogP contribution in [-0.4, -0.2) is 17.4 Å². The summed E-state index contributed by atoms with van der Waals surface area (Å²) in [5, 5.41) is 0. The normalized spacial score (nSPS) is 12.5. The molecule has 5 heteroatoms. The average Bonchev–Trinajstić information content (AvgIpc) is 2.54. The summed E-state index contributed by atoms with van der Waals surface area (Å²) in [4.78, 5) is 25.1. The topological polar surface area (TPSA) is 43.4 Å². The molecule has 0 saturated heterocycles. The number of carbonyl (C=O) groups is 2. The van der Waals surface area contributed by atoms with Gasteiger partial charge in [0, 0.05) is 17.3 Å². The molecule has 0 unspecified atom stereocenters. The van der Waals surface area contributed by atoms with Gasteiger partial charge in [0.25, 0.3) is 0 Å². The van der Waals surface area contributed by atoms with E-state index in [4.69, 9.17) is 4.74 Å². The molecule has 2 aromatic rings. The van der Waals surface area contributed by atoms with Gasteiger partial charge in [0.2, 0.25) is 0 Å². The zero-order valence-electron chi connectivity index (χ0n) is 15.1. The summed E-state index contributed by atoms with van der Waals surface area (Å²) in [7, 11) is 0. The molecule has 0 aliphatic carbocycles. The number of halogens is 2. The van der Waals surface area contributed by atoms with E-state index in [2.05, 4.69) is 15.9 Å². The fourth-order valence-corrected chi connectivity index (χ4v) is 2.91. The third-order valence-corrected chi connectivity index (χ3v) is 4.22. The van der Waals surface area contributed by atoms with E-state index in [9.17, 15) is 14.0 Å². The Hall–Kier alpha value is -2.01. The highest BCUT2D eigenvalue weighted by atomic mass is 79.9. The Balaban J connectivity index is 2.18. The molecule has 0 N–H and O–H groups in total. The summed E-state index contributed by atoms with van der Waals surface area (Å²) in [6.45, 7) is 5.35. The monoisotopic (exact) mass is 420 g/mol. The maximum atomic E-state index is 14.0. The van der Waals surface area contributed by atoms with E-state index in [1.807, 2.05) is 18.2 Å². The van der Waals surface area contributed by atoms with Gasteiger partial charge in [-0.2, -0.15) is 0 Å². The van der Waals surface area contributed by atoms with Gasteiger partial charge < -0.3 is 4.74 Å². The Morgan fingerprint density at radius 1 is 1.12 bits per heavy atom. The Labute approximate surface area is 161 Å². The summed E-state index contributed by atoms with van der Waals surface area (Å²) in [5.74, 6) is -1.82. The second kappa shape index (κ2) is 8.58. The number of carbonyl (C=O) groups excluding carboxylic acids is 2. The molecule has 0 aliphatic rings. The van der Waals surface area contributed by atoms with Crippen LogP contribution >= 0.6 is 15.9 Å². The molecule has 0 amide bonds. The van der Waals surface area contributed by atoms with Crippen molar-refractivity contribution in [2.45, 2.75) is 45.1 Å². The number of ether oxygens (including phenoxy) is 1. The third-order valence-electron chi connectivity index (χ3n) is 3.73. The highest BCUT2D eigenvalue weighted by molar-refractivity contribution is 9.10. The van der Waals surface area contributed by atoms with Crippen LogP contribution < -0.4 is 0 Å². The molecule has 0 aromatic heterocycles. The lowest BCUT2D eigenvalue weighted by atomic mass is 9.91. The summed E-state index contributed by atoms with van der Waals surface area (Å²) in [5.41, 5.74) is 0.380. The van der Waals surface area contributed by atoms with E-state index >= 15 is 0 Å². The molecular formula is C21H22BrFO3. The van der Waals surface area contributed by atoms with Gasteiger partial charge in [0.1, 0.15) is 17.2 Å². The van der Waals surface area contributed by atoms with E-state index < -0.39 is 23.3 Å². The van der Waals surface area contributed by atoms with Crippen LogP contribution in [0.2, 0.25) is 0 Å². The molecule has 0 aliphatic heterocycles. The van der Waals surface area contributed by atoms with Gasteiger partial charge >= 0.3 is 5.97 Å². The fourth-order valence-electron chi connectivity index (χ4n) is 2.57. The number of Topliss-reactive ketones (excluding diaryl/α,β-unsaturated/α-hetero) is 1. The van der Waals surface area contributed by atoms with Gasteiger partial charge in [-0.15, -0.1) is 0 Å².